The van der Waals surface area contributed by atoms with Gasteiger partial charge in [-0.3, -0.25) is 14.6 Å². The first kappa shape index (κ1) is 21.9. The topological polar surface area (TPSA) is 109 Å². The highest BCUT2D eigenvalue weighted by atomic mass is 32.2. The molecule has 0 radical (unpaired) electrons. The van der Waals surface area contributed by atoms with Crippen molar-refractivity contribution in [1.82, 2.24) is 19.5 Å². The maximum Gasteiger partial charge on any atom is 0.272 e. The van der Waals surface area contributed by atoms with E-state index in [9.17, 15) is 18.0 Å². The molecule has 1 aromatic rings. The van der Waals surface area contributed by atoms with Crippen LogP contribution in [0.15, 0.2) is 37.1 Å². The van der Waals surface area contributed by atoms with E-state index in [1.807, 2.05) is 0 Å². The minimum atomic E-state index is -3.49. The van der Waals surface area contributed by atoms with Crippen LogP contribution in [0.3, 0.4) is 0 Å². The summed E-state index contributed by atoms with van der Waals surface area (Å²) in [7, 11) is -3.49. The van der Waals surface area contributed by atoms with Crippen molar-refractivity contribution in [2.45, 2.75) is 43.3 Å². The molecule has 2 amide bonds. The number of nitrogens with zero attached hydrogens (tertiary/aromatic N) is 3. The summed E-state index contributed by atoms with van der Waals surface area (Å²) in [5.74, 6) is -0.219. The smallest absolute Gasteiger partial charge is 0.272 e. The van der Waals surface area contributed by atoms with E-state index in [-0.39, 0.29) is 23.8 Å². The number of ether oxygens (including phenoxy) is 1. The molecule has 3 unspecified atom stereocenters. The zero-order valence-corrected chi connectivity index (χ0v) is 18.2. The first-order valence-corrected chi connectivity index (χ1v) is 12.2. The van der Waals surface area contributed by atoms with Crippen LogP contribution in [-0.4, -0.2) is 78.2 Å². The fourth-order valence-corrected chi connectivity index (χ4v) is 6.61. The van der Waals surface area contributed by atoms with Crippen molar-refractivity contribution in [3.63, 3.8) is 0 Å². The average molecular weight is 449 g/mol. The Morgan fingerprint density at radius 1 is 1.19 bits per heavy atom. The maximum atomic E-state index is 13.3. The third-order valence-corrected chi connectivity index (χ3v) is 8.76. The molecule has 3 atom stereocenters. The van der Waals surface area contributed by atoms with Crippen molar-refractivity contribution in [2.75, 3.05) is 26.2 Å². The number of pyridine rings is 1. The Kier molecular flexibility index (Phi) is 6.40. The summed E-state index contributed by atoms with van der Waals surface area (Å²) in [6.07, 6.45) is 4.37. The van der Waals surface area contributed by atoms with Gasteiger partial charge >= 0.3 is 0 Å². The molecule has 3 aliphatic heterocycles. The van der Waals surface area contributed by atoms with E-state index in [1.54, 1.807) is 29.3 Å². The summed E-state index contributed by atoms with van der Waals surface area (Å²) in [5.41, 5.74) is 0.377. The molecule has 3 aliphatic rings. The zero-order valence-electron chi connectivity index (χ0n) is 17.4. The number of aromatic nitrogens is 1. The number of sulfonamides is 1. The predicted octanol–water partition coefficient (Wildman–Crippen LogP) is 0.755. The molecule has 3 saturated heterocycles. The number of nitrogens with one attached hydrogen (secondary N) is 1. The van der Waals surface area contributed by atoms with Gasteiger partial charge in [0.25, 0.3) is 5.91 Å². The van der Waals surface area contributed by atoms with Crippen molar-refractivity contribution in [3.8, 4) is 0 Å². The Balaban J connectivity index is 1.33. The van der Waals surface area contributed by atoms with E-state index in [1.165, 1.54) is 10.4 Å². The van der Waals surface area contributed by atoms with Crippen molar-refractivity contribution in [2.24, 2.45) is 5.92 Å². The number of carbonyl (C=O) groups excluding carboxylic acids is 2. The van der Waals surface area contributed by atoms with E-state index in [4.69, 9.17) is 4.74 Å². The van der Waals surface area contributed by atoms with Gasteiger partial charge in [-0.05, 0) is 49.8 Å². The van der Waals surface area contributed by atoms with Crippen molar-refractivity contribution in [3.05, 3.63) is 42.7 Å². The zero-order chi connectivity index (χ0) is 22.0. The van der Waals surface area contributed by atoms with E-state index in [2.05, 4.69) is 16.9 Å². The summed E-state index contributed by atoms with van der Waals surface area (Å²) >= 11 is 0. The number of hydrogen-bond donors (Lipinski definition) is 1. The highest BCUT2D eigenvalue weighted by molar-refractivity contribution is 7.89. The second kappa shape index (κ2) is 9.05. The summed E-state index contributed by atoms with van der Waals surface area (Å²) in [6.45, 7) is 4.99. The van der Waals surface area contributed by atoms with Crippen LogP contribution in [0, 0.1) is 5.92 Å². The Bertz CT molecular complexity index is 930. The SMILES string of the molecule is C=CC(=O)NC1CC2CCN(S(=O)(=O)C3CCN(C(=O)c4ccccn4)CC3)CC2O1. The van der Waals surface area contributed by atoms with Crippen LogP contribution < -0.4 is 5.32 Å². The number of hydrogen-bond acceptors (Lipinski definition) is 6. The fourth-order valence-electron chi connectivity index (χ4n) is 4.66. The summed E-state index contributed by atoms with van der Waals surface area (Å²) in [6, 6.07) is 5.18. The summed E-state index contributed by atoms with van der Waals surface area (Å²) in [4.78, 5) is 29.8. The molecule has 1 aromatic heterocycles. The molecular formula is C21H28N4O5S. The van der Waals surface area contributed by atoms with Crippen LogP contribution >= 0.6 is 0 Å². The molecule has 4 rings (SSSR count). The van der Waals surface area contributed by atoms with Crippen LogP contribution in [0.1, 0.15) is 36.2 Å². The minimum absolute atomic E-state index is 0.163. The lowest BCUT2D eigenvalue weighted by atomic mass is 9.94. The second-order valence-electron chi connectivity index (χ2n) is 8.27. The summed E-state index contributed by atoms with van der Waals surface area (Å²) < 4.78 is 33.9. The van der Waals surface area contributed by atoms with Gasteiger partial charge in [0.15, 0.2) is 0 Å². The van der Waals surface area contributed by atoms with Gasteiger partial charge in [-0.2, -0.15) is 4.31 Å². The lowest BCUT2D eigenvalue weighted by Gasteiger charge is -2.38. The van der Waals surface area contributed by atoms with Gasteiger partial charge in [0.1, 0.15) is 11.9 Å². The molecule has 0 spiro atoms. The molecule has 0 aromatic carbocycles. The molecule has 0 bridgehead atoms. The molecule has 31 heavy (non-hydrogen) atoms. The van der Waals surface area contributed by atoms with Crippen LogP contribution in [0.2, 0.25) is 0 Å². The van der Waals surface area contributed by atoms with Gasteiger partial charge in [0, 0.05) is 32.4 Å². The number of carbonyl (C=O) groups is 2. The van der Waals surface area contributed by atoms with E-state index in [0.717, 1.165) is 0 Å². The molecule has 1 N–H and O–H groups in total. The van der Waals surface area contributed by atoms with E-state index >= 15 is 0 Å². The van der Waals surface area contributed by atoms with Crippen LogP contribution in [-0.2, 0) is 19.6 Å². The third kappa shape index (κ3) is 4.65. The lowest BCUT2D eigenvalue weighted by Crippen LogP contribution is -2.51. The molecule has 9 nitrogen and oxygen atoms in total. The lowest BCUT2D eigenvalue weighted by molar-refractivity contribution is -0.120. The Hall–Kier alpha value is -2.30. The highest BCUT2D eigenvalue weighted by Crippen LogP contribution is 2.34. The van der Waals surface area contributed by atoms with E-state index in [0.29, 0.717) is 57.6 Å². The number of fused-ring (bicyclic) bond motifs is 1. The number of amides is 2. The first-order valence-electron chi connectivity index (χ1n) is 10.7. The van der Waals surface area contributed by atoms with Crippen LogP contribution in [0.4, 0.5) is 0 Å². The van der Waals surface area contributed by atoms with Crippen molar-refractivity contribution >= 4 is 21.8 Å². The Morgan fingerprint density at radius 3 is 2.65 bits per heavy atom. The summed E-state index contributed by atoms with van der Waals surface area (Å²) in [5, 5.41) is 2.24. The number of rotatable bonds is 5. The Labute approximate surface area is 182 Å². The van der Waals surface area contributed by atoms with E-state index < -0.39 is 21.5 Å². The van der Waals surface area contributed by atoms with Gasteiger partial charge in [0.2, 0.25) is 15.9 Å². The van der Waals surface area contributed by atoms with Gasteiger partial charge in [-0.1, -0.05) is 12.6 Å². The van der Waals surface area contributed by atoms with Crippen molar-refractivity contribution in [1.29, 1.82) is 0 Å². The molecule has 3 fully saturated rings. The van der Waals surface area contributed by atoms with Gasteiger partial charge in [-0.15, -0.1) is 0 Å². The second-order valence-corrected chi connectivity index (χ2v) is 10.5. The molecule has 10 heteroatoms. The minimum Gasteiger partial charge on any atom is -0.354 e. The first-order chi connectivity index (χ1) is 14.9. The van der Waals surface area contributed by atoms with Gasteiger partial charge in [0.05, 0.1) is 11.4 Å². The molecule has 168 valence electrons. The van der Waals surface area contributed by atoms with Gasteiger partial charge < -0.3 is 15.0 Å². The van der Waals surface area contributed by atoms with Crippen LogP contribution in [0.5, 0.6) is 0 Å². The molecule has 0 aliphatic carbocycles. The number of piperidine rings is 2. The highest BCUT2D eigenvalue weighted by Gasteiger charge is 2.44. The van der Waals surface area contributed by atoms with Gasteiger partial charge in [-0.25, -0.2) is 8.42 Å². The number of likely N-dealkylation sites (tertiary alicyclic amines) is 1. The normalized spacial score (nSPS) is 27.5. The largest absolute Gasteiger partial charge is 0.354 e. The molecular weight excluding hydrogens is 420 g/mol. The molecule has 0 saturated carbocycles. The standard InChI is InChI=1S/C21H28N4O5S/c1-2-19(26)23-20-13-15-6-12-25(14-18(15)30-20)31(28,29)16-7-10-24(11-8-16)21(27)17-5-3-4-9-22-17/h2-5,9,15-16,18,20H,1,6-8,10-14H2,(H,23,26). The predicted molar refractivity (Wildman–Crippen MR) is 113 cm³/mol. The Morgan fingerprint density at radius 2 is 1.97 bits per heavy atom. The van der Waals surface area contributed by atoms with Crippen molar-refractivity contribution < 1.29 is 22.7 Å². The third-order valence-electron chi connectivity index (χ3n) is 6.40. The molecule has 4 heterocycles. The maximum absolute atomic E-state index is 13.3. The quantitative estimate of drug-likeness (QED) is 0.666. The monoisotopic (exact) mass is 448 g/mol. The average Bonchev–Trinajstić information content (AvgIpc) is 3.20. The van der Waals surface area contributed by atoms with Crippen LogP contribution in [0.25, 0.3) is 0 Å². The fraction of sp³-hybridized carbons (Fsp3) is 0.571.